The number of hydrogen-bond acceptors (Lipinski definition) is 2. The molecule has 2 aromatic carbocycles. The van der Waals surface area contributed by atoms with Crippen molar-refractivity contribution in [1.82, 2.24) is 10.3 Å². The van der Waals surface area contributed by atoms with Gasteiger partial charge in [-0.25, -0.2) is 4.39 Å². The maximum Gasteiger partial charge on any atom is 0.267 e. The number of ether oxygens (including phenoxy) is 1. The fourth-order valence-electron chi connectivity index (χ4n) is 2.16. The zero-order valence-corrected chi connectivity index (χ0v) is 11.8. The second-order valence-corrected chi connectivity index (χ2v) is 4.83. The van der Waals surface area contributed by atoms with Gasteiger partial charge in [0.1, 0.15) is 23.9 Å². The fourth-order valence-corrected chi connectivity index (χ4v) is 2.16. The lowest BCUT2D eigenvalue weighted by atomic mass is 10.2. The molecule has 0 spiro atoms. The van der Waals surface area contributed by atoms with E-state index in [9.17, 15) is 9.18 Å². The molecule has 0 bridgehead atoms. The molecule has 5 heteroatoms. The molecular weight excluding hydrogens is 283 g/mol. The number of hydrogen-bond donors (Lipinski definition) is 2. The first-order valence-corrected chi connectivity index (χ1v) is 6.97. The van der Waals surface area contributed by atoms with Crippen LogP contribution in [0.1, 0.15) is 10.5 Å². The molecule has 0 saturated carbocycles. The van der Waals surface area contributed by atoms with Crippen LogP contribution in [0.3, 0.4) is 0 Å². The van der Waals surface area contributed by atoms with E-state index < -0.39 is 0 Å². The molecule has 0 aliphatic rings. The average molecular weight is 298 g/mol. The van der Waals surface area contributed by atoms with E-state index in [1.807, 2.05) is 30.3 Å². The molecule has 0 aliphatic heterocycles. The highest BCUT2D eigenvalue weighted by Gasteiger charge is 2.08. The molecule has 1 heterocycles. The minimum absolute atomic E-state index is 0.182. The molecule has 0 aliphatic carbocycles. The van der Waals surface area contributed by atoms with Crippen LogP contribution in [-0.2, 0) is 0 Å². The van der Waals surface area contributed by atoms with Crippen molar-refractivity contribution < 1.29 is 13.9 Å². The van der Waals surface area contributed by atoms with Gasteiger partial charge < -0.3 is 15.0 Å². The minimum atomic E-state index is -0.306. The van der Waals surface area contributed by atoms with Crippen LogP contribution in [0.4, 0.5) is 4.39 Å². The van der Waals surface area contributed by atoms with Crippen molar-refractivity contribution >= 4 is 16.8 Å². The summed E-state index contributed by atoms with van der Waals surface area (Å²) >= 11 is 0. The number of rotatable bonds is 5. The van der Waals surface area contributed by atoms with Crippen molar-refractivity contribution in [1.29, 1.82) is 0 Å². The van der Waals surface area contributed by atoms with Crippen molar-refractivity contribution in [3.05, 3.63) is 66.1 Å². The number of benzene rings is 2. The van der Waals surface area contributed by atoms with Gasteiger partial charge in [-0.15, -0.1) is 0 Å². The quantitative estimate of drug-likeness (QED) is 0.711. The molecule has 1 aromatic heterocycles. The van der Waals surface area contributed by atoms with Gasteiger partial charge in [0, 0.05) is 10.9 Å². The Morgan fingerprint density at radius 3 is 2.68 bits per heavy atom. The number of para-hydroxylation sites is 1. The van der Waals surface area contributed by atoms with Gasteiger partial charge in [-0.2, -0.15) is 0 Å². The second kappa shape index (κ2) is 6.30. The van der Waals surface area contributed by atoms with Gasteiger partial charge in [-0.05, 0) is 36.4 Å². The summed E-state index contributed by atoms with van der Waals surface area (Å²) in [7, 11) is 0. The Bertz CT molecular complexity index is 748. The van der Waals surface area contributed by atoms with Gasteiger partial charge >= 0.3 is 0 Å². The lowest BCUT2D eigenvalue weighted by Gasteiger charge is -2.07. The van der Waals surface area contributed by atoms with E-state index in [4.69, 9.17) is 4.74 Å². The number of aromatic nitrogens is 1. The topological polar surface area (TPSA) is 54.1 Å². The van der Waals surface area contributed by atoms with Crippen LogP contribution in [-0.4, -0.2) is 24.0 Å². The molecule has 1 amide bonds. The first-order chi connectivity index (χ1) is 10.7. The van der Waals surface area contributed by atoms with Gasteiger partial charge in [-0.3, -0.25) is 4.79 Å². The number of aromatic amines is 1. The molecule has 3 rings (SSSR count). The van der Waals surface area contributed by atoms with E-state index in [0.29, 0.717) is 24.6 Å². The van der Waals surface area contributed by atoms with Crippen LogP contribution in [0.2, 0.25) is 0 Å². The highest BCUT2D eigenvalue weighted by atomic mass is 19.1. The van der Waals surface area contributed by atoms with Crippen LogP contribution < -0.4 is 10.1 Å². The average Bonchev–Trinajstić information content (AvgIpc) is 2.97. The Labute approximate surface area is 126 Å². The van der Waals surface area contributed by atoms with E-state index in [2.05, 4.69) is 10.3 Å². The third-order valence-electron chi connectivity index (χ3n) is 3.24. The van der Waals surface area contributed by atoms with Crippen molar-refractivity contribution in [3.8, 4) is 5.75 Å². The monoisotopic (exact) mass is 298 g/mol. The zero-order chi connectivity index (χ0) is 15.4. The number of halogens is 1. The van der Waals surface area contributed by atoms with E-state index in [0.717, 1.165) is 10.9 Å². The number of H-pyrrole nitrogens is 1. The van der Waals surface area contributed by atoms with Gasteiger partial charge in [0.05, 0.1) is 6.54 Å². The number of carbonyl (C=O) groups excluding carboxylic acids is 1. The first-order valence-electron chi connectivity index (χ1n) is 6.97. The Morgan fingerprint density at radius 1 is 1.14 bits per heavy atom. The van der Waals surface area contributed by atoms with Crippen LogP contribution >= 0.6 is 0 Å². The Balaban J connectivity index is 1.50. The highest BCUT2D eigenvalue weighted by molar-refractivity contribution is 5.97. The molecule has 3 aromatic rings. The van der Waals surface area contributed by atoms with Gasteiger partial charge in [0.25, 0.3) is 5.91 Å². The third kappa shape index (κ3) is 3.25. The SMILES string of the molecule is O=C(NCCOc1ccc(F)cc1)c1cc2ccccc2[nH]1. The molecule has 0 saturated heterocycles. The molecule has 0 unspecified atom stereocenters. The summed E-state index contributed by atoms with van der Waals surface area (Å²) in [5, 5.41) is 3.77. The van der Waals surface area contributed by atoms with E-state index in [1.165, 1.54) is 12.1 Å². The van der Waals surface area contributed by atoms with Crippen molar-refractivity contribution in [2.75, 3.05) is 13.2 Å². The Morgan fingerprint density at radius 2 is 1.91 bits per heavy atom. The van der Waals surface area contributed by atoms with Crippen LogP contribution in [0.5, 0.6) is 5.75 Å². The summed E-state index contributed by atoms with van der Waals surface area (Å²) in [5.41, 5.74) is 1.44. The predicted molar refractivity (Wildman–Crippen MR) is 82.5 cm³/mol. The number of amides is 1. The fraction of sp³-hybridized carbons (Fsp3) is 0.118. The van der Waals surface area contributed by atoms with Crippen molar-refractivity contribution in [3.63, 3.8) is 0 Å². The summed E-state index contributed by atoms with van der Waals surface area (Å²) in [6.07, 6.45) is 0. The summed E-state index contributed by atoms with van der Waals surface area (Å²) in [6.45, 7) is 0.684. The summed E-state index contributed by atoms with van der Waals surface area (Å²) < 4.78 is 18.2. The third-order valence-corrected chi connectivity index (χ3v) is 3.24. The molecular formula is C17H15FN2O2. The molecule has 22 heavy (non-hydrogen) atoms. The normalized spacial score (nSPS) is 10.6. The lowest BCUT2D eigenvalue weighted by molar-refractivity contribution is 0.0943. The maximum absolute atomic E-state index is 12.7. The zero-order valence-electron chi connectivity index (χ0n) is 11.8. The van der Waals surface area contributed by atoms with Crippen LogP contribution in [0.15, 0.2) is 54.6 Å². The molecule has 2 N–H and O–H groups in total. The van der Waals surface area contributed by atoms with Crippen LogP contribution in [0.25, 0.3) is 10.9 Å². The van der Waals surface area contributed by atoms with Crippen molar-refractivity contribution in [2.24, 2.45) is 0 Å². The first kappa shape index (κ1) is 14.1. The molecule has 4 nitrogen and oxygen atoms in total. The van der Waals surface area contributed by atoms with Gasteiger partial charge in [-0.1, -0.05) is 18.2 Å². The summed E-state index contributed by atoms with van der Waals surface area (Å²) in [6, 6.07) is 15.3. The number of nitrogens with one attached hydrogen (secondary N) is 2. The minimum Gasteiger partial charge on any atom is -0.492 e. The smallest absolute Gasteiger partial charge is 0.267 e. The summed E-state index contributed by atoms with van der Waals surface area (Å²) in [4.78, 5) is 15.1. The molecule has 0 atom stereocenters. The molecule has 0 fully saturated rings. The molecule has 0 radical (unpaired) electrons. The van der Waals surface area contributed by atoms with Gasteiger partial charge in [0.15, 0.2) is 0 Å². The Hall–Kier alpha value is -2.82. The van der Waals surface area contributed by atoms with Crippen LogP contribution in [0, 0.1) is 5.82 Å². The number of carbonyl (C=O) groups is 1. The van der Waals surface area contributed by atoms with E-state index in [1.54, 1.807) is 12.1 Å². The highest BCUT2D eigenvalue weighted by Crippen LogP contribution is 2.14. The maximum atomic E-state index is 12.7. The van der Waals surface area contributed by atoms with Crippen molar-refractivity contribution in [2.45, 2.75) is 0 Å². The van der Waals surface area contributed by atoms with Gasteiger partial charge in [0.2, 0.25) is 0 Å². The Kier molecular flexibility index (Phi) is 4.05. The summed E-state index contributed by atoms with van der Waals surface area (Å²) in [5.74, 6) is 0.0830. The second-order valence-electron chi connectivity index (χ2n) is 4.83. The van der Waals surface area contributed by atoms with E-state index in [-0.39, 0.29) is 11.7 Å². The number of fused-ring (bicyclic) bond motifs is 1. The predicted octanol–water partition coefficient (Wildman–Crippen LogP) is 3.12. The molecule has 112 valence electrons. The largest absolute Gasteiger partial charge is 0.492 e. The lowest BCUT2D eigenvalue weighted by Crippen LogP contribution is -2.28. The standard InChI is InChI=1S/C17H15FN2O2/c18-13-5-7-14(8-6-13)22-10-9-19-17(21)16-11-12-3-1-2-4-15(12)20-16/h1-8,11,20H,9-10H2,(H,19,21). The van der Waals surface area contributed by atoms with E-state index >= 15 is 0 Å².